The number of hydrogen-bond acceptors (Lipinski definition) is 6. The highest BCUT2D eigenvalue weighted by molar-refractivity contribution is 7.07. The summed E-state index contributed by atoms with van der Waals surface area (Å²) < 4.78 is 45.0. The molecule has 0 spiro atoms. The Balaban J connectivity index is 1.45. The number of hydrogen-bond donors (Lipinski definition) is 0. The average molecular weight is 465 g/mol. The number of rotatable bonds is 6. The maximum Gasteiger partial charge on any atom is 0.436 e. The lowest BCUT2D eigenvalue weighted by Crippen LogP contribution is -2.40. The van der Waals surface area contributed by atoms with Crippen molar-refractivity contribution in [2.45, 2.75) is 38.9 Å². The minimum Gasteiger partial charge on any atom is -0.461 e. The Morgan fingerprint density at radius 2 is 2.03 bits per heavy atom. The molecule has 0 aliphatic carbocycles. The fraction of sp³-hybridized carbons (Fsp3) is 0.556. The standard InChI is InChI=1S/C18H20ClF3N4O3S/c1-11-15(19)16(18(20,21)22)24-26(11)8-14(27)25-5-2-12(3-6-25)4-7-29-17(28)13-9-30-10-23-13/h9-10,12H,2-8H2,1H3. The monoisotopic (exact) mass is 464 g/mol. The lowest BCUT2D eigenvalue weighted by atomic mass is 9.94. The summed E-state index contributed by atoms with van der Waals surface area (Å²) in [5, 5.41) is 4.61. The third kappa shape index (κ3) is 5.31. The number of carbonyl (C=O) groups excluding carboxylic acids is 2. The molecule has 2 aromatic rings. The zero-order valence-electron chi connectivity index (χ0n) is 16.1. The van der Waals surface area contributed by atoms with Crippen LogP contribution in [-0.2, 0) is 22.3 Å². The van der Waals surface area contributed by atoms with Crippen LogP contribution in [0.5, 0.6) is 0 Å². The molecule has 3 heterocycles. The maximum atomic E-state index is 12.9. The number of amides is 1. The third-order valence-electron chi connectivity index (χ3n) is 5.05. The van der Waals surface area contributed by atoms with Gasteiger partial charge < -0.3 is 9.64 Å². The lowest BCUT2D eigenvalue weighted by Gasteiger charge is -2.32. The van der Waals surface area contributed by atoms with E-state index in [1.807, 2.05) is 0 Å². The van der Waals surface area contributed by atoms with Crippen molar-refractivity contribution in [2.24, 2.45) is 5.92 Å². The van der Waals surface area contributed by atoms with E-state index in [4.69, 9.17) is 16.3 Å². The van der Waals surface area contributed by atoms with Crippen molar-refractivity contribution in [3.63, 3.8) is 0 Å². The van der Waals surface area contributed by atoms with Gasteiger partial charge in [0.1, 0.15) is 6.54 Å². The van der Waals surface area contributed by atoms with Crippen LogP contribution in [0.1, 0.15) is 41.1 Å². The second-order valence-electron chi connectivity index (χ2n) is 7.03. The summed E-state index contributed by atoms with van der Waals surface area (Å²) in [7, 11) is 0. The lowest BCUT2D eigenvalue weighted by molar-refractivity contribution is -0.142. The van der Waals surface area contributed by atoms with Gasteiger partial charge in [0, 0.05) is 18.5 Å². The maximum absolute atomic E-state index is 12.9. The van der Waals surface area contributed by atoms with E-state index in [1.54, 1.807) is 15.8 Å². The Morgan fingerprint density at radius 3 is 2.60 bits per heavy atom. The number of ether oxygens (including phenoxy) is 1. The van der Waals surface area contributed by atoms with Crippen LogP contribution in [0, 0.1) is 12.8 Å². The molecule has 0 atom stereocenters. The van der Waals surface area contributed by atoms with E-state index in [-0.39, 0.29) is 24.8 Å². The highest BCUT2D eigenvalue weighted by atomic mass is 35.5. The van der Waals surface area contributed by atoms with E-state index < -0.39 is 22.9 Å². The Bertz CT molecular complexity index is 893. The van der Waals surface area contributed by atoms with Crippen LogP contribution >= 0.6 is 22.9 Å². The Morgan fingerprint density at radius 1 is 1.33 bits per heavy atom. The van der Waals surface area contributed by atoms with Gasteiger partial charge in [-0.15, -0.1) is 11.3 Å². The quantitative estimate of drug-likeness (QED) is 0.608. The van der Waals surface area contributed by atoms with Crippen molar-refractivity contribution in [3.8, 4) is 0 Å². The largest absolute Gasteiger partial charge is 0.461 e. The first-order valence-electron chi connectivity index (χ1n) is 9.30. The third-order valence-corrected chi connectivity index (χ3v) is 6.09. The molecule has 1 saturated heterocycles. The van der Waals surface area contributed by atoms with Gasteiger partial charge in [0.25, 0.3) is 0 Å². The first-order chi connectivity index (χ1) is 14.2. The van der Waals surface area contributed by atoms with Crippen molar-refractivity contribution in [1.82, 2.24) is 19.7 Å². The molecule has 2 aromatic heterocycles. The Labute approximate surface area is 179 Å². The van der Waals surface area contributed by atoms with E-state index >= 15 is 0 Å². The molecule has 7 nitrogen and oxygen atoms in total. The van der Waals surface area contributed by atoms with Crippen LogP contribution in [0.3, 0.4) is 0 Å². The molecule has 3 rings (SSSR count). The van der Waals surface area contributed by atoms with Gasteiger partial charge >= 0.3 is 12.1 Å². The minimum atomic E-state index is -4.67. The highest BCUT2D eigenvalue weighted by Gasteiger charge is 2.38. The van der Waals surface area contributed by atoms with Crippen molar-refractivity contribution < 1.29 is 27.5 Å². The molecule has 0 N–H and O–H groups in total. The number of thiazole rings is 1. The molecule has 1 aliphatic rings. The number of piperidine rings is 1. The minimum absolute atomic E-state index is 0.106. The van der Waals surface area contributed by atoms with E-state index in [1.165, 1.54) is 18.3 Å². The molecular weight excluding hydrogens is 445 g/mol. The molecule has 30 heavy (non-hydrogen) atoms. The first-order valence-corrected chi connectivity index (χ1v) is 10.6. The number of aromatic nitrogens is 3. The van der Waals surface area contributed by atoms with Gasteiger partial charge in [-0.05, 0) is 32.1 Å². The molecule has 1 fully saturated rings. The van der Waals surface area contributed by atoms with E-state index in [0.717, 1.165) is 17.5 Å². The smallest absolute Gasteiger partial charge is 0.436 e. The number of carbonyl (C=O) groups is 2. The fourth-order valence-electron chi connectivity index (χ4n) is 3.26. The Kier molecular flexibility index (Phi) is 7.02. The van der Waals surface area contributed by atoms with Crippen LogP contribution in [-0.4, -0.2) is 51.2 Å². The molecule has 0 bridgehead atoms. The molecule has 12 heteroatoms. The molecule has 0 saturated carbocycles. The van der Waals surface area contributed by atoms with Gasteiger partial charge in [-0.3, -0.25) is 9.48 Å². The summed E-state index contributed by atoms with van der Waals surface area (Å²) in [6.45, 7) is 2.36. The predicted octanol–water partition coefficient (Wildman–Crippen LogP) is 3.81. The van der Waals surface area contributed by atoms with Gasteiger partial charge in [0.15, 0.2) is 11.4 Å². The van der Waals surface area contributed by atoms with Gasteiger partial charge in [-0.25, -0.2) is 9.78 Å². The van der Waals surface area contributed by atoms with Gasteiger partial charge in [0.05, 0.1) is 22.8 Å². The van der Waals surface area contributed by atoms with Crippen LogP contribution in [0.25, 0.3) is 0 Å². The second-order valence-corrected chi connectivity index (χ2v) is 8.12. The molecular formula is C18H20ClF3N4O3S. The van der Waals surface area contributed by atoms with E-state index in [2.05, 4.69) is 10.1 Å². The molecule has 0 unspecified atom stereocenters. The topological polar surface area (TPSA) is 77.3 Å². The fourth-order valence-corrected chi connectivity index (χ4v) is 4.03. The average Bonchev–Trinajstić information content (AvgIpc) is 3.33. The van der Waals surface area contributed by atoms with Crippen LogP contribution < -0.4 is 0 Å². The molecule has 0 radical (unpaired) electrons. The van der Waals surface area contributed by atoms with Crippen molar-refractivity contribution in [1.29, 1.82) is 0 Å². The van der Waals surface area contributed by atoms with Crippen molar-refractivity contribution >= 4 is 34.8 Å². The summed E-state index contributed by atoms with van der Waals surface area (Å²) in [6, 6.07) is 0. The Hall–Kier alpha value is -2.14. The zero-order valence-corrected chi connectivity index (χ0v) is 17.7. The van der Waals surface area contributed by atoms with Gasteiger partial charge in [-0.2, -0.15) is 18.3 Å². The number of likely N-dealkylation sites (tertiary alicyclic amines) is 1. The van der Waals surface area contributed by atoms with Crippen molar-refractivity contribution in [2.75, 3.05) is 19.7 Å². The van der Waals surface area contributed by atoms with Crippen LogP contribution in [0.15, 0.2) is 10.9 Å². The first kappa shape index (κ1) is 22.5. The summed E-state index contributed by atoms with van der Waals surface area (Å²) in [5.41, 5.74) is 0.781. The summed E-state index contributed by atoms with van der Waals surface area (Å²) >= 11 is 7.04. The highest BCUT2D eigenvalue weighted by Crippen LogP contribution is 2.35. The van der Waals surface area contributed by atoms with Crippen molar-refractivity contribution in [3.05, 3.63) is 33.0 Å². The molecule has 1 amide bonds. The van der Waals surface area contributed by atoms with Crippen LogP contribution in [0.4, 0.5) is 13.2 Å². The molecule has 164 valence electrons. The summed E-state index contributed by atoms with van der Waals surface area (Å²) in [4.78, 5) is 29.8. The predicted molar refractivity (Wildman–Crippen MR) is 103 cm³/mol. The zero-order chi connectivity index (χ0) is 21.9. The van der Waals surface area contributed by atoms with E-state index in [9.17, 15) is 22.8 Å². The molecule has 0 aromatic carbocycles. The normalized spacial score (nSPS) is 15.4. The number of alkyl halides is 3. The summed E-state index contributed by atoms with van der Waals surface area (Å²) in [6.07, 6.45) is -2.53. The molecule has 1 aliphatic heterocycles. The van der Waals surface area contributed by atoms with Crippen LogP contribution in [0.2, 0.25) is 5.02 Å². The number of halogens is 4. The summed E-state index contributed by atoms with van der Waals surface area (Å²) in [5.74, 6) is -0.454. The van der Waals surface area contributed by atoms with E-state index in [0.29, 0.717) is 31.1 Å². The SMILES string of the molecule is Cc1c(Cl)c(C(F)(F)F)nn1CC(=O)N1CCC(CCOC(=O)c2cscn2)CC1. The number of nitrogens with zero attached hydrogens (tertiary/aromatic N) is 4. The number of esters is 1. The van der Waals surface area contributed by atoms with Gasteiger partial charge in [-0.1, -0.05) is 11.6 Å². The second kappa shape index (κ2) is 9.34. The van der Waals surface area contributed by atoms with Gasteiger partial charge in [0.2, 0.25) is 5.91 Å².